The van der Waals surface area contributed by atoms with E-state index in [0.29, 0.717) is 0 Å². The van der Waals surface area contributed by atoms with Gasteiger partial charge in [0.1, 0.15) is 0 Å². The lowest BCUT2D eigenvalue weighted by Gasteiger charge is -2.22. The second-order valence-corrected chi connectivity index (χ2v) is 2.81. The van der Waals surface area contributed by atoms with Gasteiger partial charge in [-0.3, -0.25) is 9.48 Å². The van der Waals surface area contributed by atoms with E-state index in [9.17, 15) is 9.90 Å². The molecule has 4 heteroatoms. The maximum atomic E-state index is 10.5. The largest absolute Gasteiger partial charge is 0.538 e. The summed E-state index contributed by atoms with van der Waals surface area (Å²) < 4.78 is 1.71. The van der Waals surface area contributed by atoms with Gasteiger partial charge in [-0.25, -0.2) is 0 Å². The van der Waals surface area contributed by atoms with Crippen LogP contribution in [0.1, 0.15) is 6.42 Å². The summed E-state index contributed by atoms with van der Waals surface area (Å²) in [7, 11) is 3.53. The lowest BCUT2D eigenvalue weighted by molar-refractivity contribution is -0.510. The Hall–Kier alpha value is -1.06. The van der Waals surface area contributed by atoms with Crippen LogP contribution in [-0.2, 0) is 4.79 Å². The summed E-state index contributed by atoms with van der Waals surface area (Å²) in [6.45, 7) is 1.60. The number of carboxylic acid groups (broad SMARTS) is 1. The van der Waals surface area contributed by atoms with Crippen molar-refractivity contribution in [2.45, 2.75) is 6.42 Å². The van der Waals surface area contributed by atoms with Gasteiger partial charge in [0, 0.05) is 6.42 Å². The molecule has 0 saturated carbocycles. The van der Waals surface area contributed by atoms with Crippen LogP contribution in [0, 0.1) is 0 Å². The highest BCUT2D eigenvalue weighted by molar-refractivity contribution is 6.30. The monoisotopic (exact) mass is 156 g/mol. The fourth-order valence-electron chi connectivity index (χ4n) is 1.36. The number of amidine groups is 1. The van der Waals surface area contributed by atoms with Crippen LogP contribution in [0.3, 0.4) is 0 Å². The van der Waals surface area contributed by atoms with Crippen LogP contribution in [0.2, 0.25) is 0 Å². The van der Waals surface area contributed by atoms with E-state index in [2.05, 4.69) is 0 Å². The first-order valence-corrected chi connectivity index (χ1v) is 3.63. The first-order valence-electron chi connectivity index (χ1n) is 3.63. The maximum Gasteiger partial charge on any atom is 0.294 e. The summed E-state index contributed by atoms with van der Waals surface area (Å²) in [5, 5.41) is 10.5. The van der Waals surface area contributed by atoms with Gasteiger partial charge in [0.15, 0.2) is 5.97 Å². The Morgan fingerprint density at radius 1 is 1.73 bits per heavy atom. The molecule has 4 nitrogen and oxygen atoms in total. The molecule has 0 aromatic carbocycles. The number of aliphatic carboxylic acids is 1. The third kappa shape index (κ3) is 1.50. The zero-order chi connectivity index (χ0) is 8.43. The normalized spacial score (nSPS) is 18.9. The van der Waals surface area contributed by atoms with Crippen molar-refractivity contribution in [1.82, 2.24) is 4.90 Å². The number of hydrogen-bond acceptors (Lipinski definition) is 3. The molecule has 0 radical (unpaired) electrons. The van der Waals surface area contributed by atoms with E-state index in [4.69, 9.17) is 0 Å². The molecule has 62 valence electrons. The molecular weight excluding hydrogens is 144 g/mol. The molecule has 0 spiro atoms. The minimum absolute atomic E-state index is 0.288. The second-order valence-electron chi connectivity index (χ2n) is 2.81. The number of likely N-dealkylation sites (N-methyl/N-ethyl adjacent to an activating group) is 1. The van der Waals surface area contributed by atoms with E-state index in [1.165, 1.54) is 0 Å². The number of hydrogen-bond donors (Lipinski definition) is 0. The number of carboxylic acids is 1. The zero-order valence-corrected chi connectivity index (χ0v) is 6.83. The molecule has 0 atom stereocenters. The topological polar surface area (TPSA) is 46.4 Å². The van der Waals surface area contributed by atoms with Crippen molar-refractivity contribution in [1.29, 1.82) is 0 Å². The maximum absolute atomic E-state index is 10.5. The molecule has 0 bridgehead atoms. The fraction of sp³-hybridized carbons (Fsp3) is 0.714. The summed E-state index contributed by atoms with van der Waals surface area (Å²) in [4.78, 5) is 12.3. The highest BCUT2D eigenvalue weighted by atomic mass is 16.4. The predicted octanol–water partition coefficient (Wildman–Crippen LogP) is -1.89. The first-order chi connectivity index (χ1) is 5.13. The molecule has 1 rings (SSSR count). The fourth-order valence-corrected chi connectivity index (χ4v) is 1.36. The Balaban J connectivity index is 2.91. The van der Waals surface area contributed by atoms with Gasteiger partial charge in [-0.1, -0.05) is 0 Å². The third-order valence-corrected chi connectivity index (χ3v) is 1.89. The van der Waals surface area contributed by atoms with E-state index in [1.807, 2.05) is 0 Å². The van der Waals surface area contributed by atoms with E-state index in [0.717, 1.165) is 19.5 Å². The van der Waals surface area contributed by atoms with Gasteiger partial charge in [0.05, 0.1) is 27.2 Å². The molecule has 0 amide bonds. The van der Waals surface area contributed by atoms with Crippen LogP contribution in [0.4, 0.5) is 0 Å². The third-order valence-electron chi connectivity index (χ3n) is 1.89. The summed E-state index contributed by atoms with van der Waals surface area (Å²) in [6.07, 6.45) is 1.00. The number of nitrogens with zero attached hydrogens (tertiary/aromatic N) is 2. The predicted molar refractivity (Wildman–Crippen MR) is 38.3 cm³/mol. The molecule has 0 unspecified atom stereocenters. The molecule has 0 saturated heterocycles. The first kappa shape index (κ1) is 8.04. The molecule has 0 N–H and O–H groups in total. The molecule has 1 heterocycles. The minimum Gasteiger partial charge on any atom is -0.538 e. The van der Waals surface area contributed by atoms with Crippen molar-refractivity contribution in [3.05, 3.63) is 0 Å². The van der Waals surface area contributed by atoms with E-state index in [1.54, 1.807) is 23.6 Å². The second kappa shape index (κ2) is 2.90. The SMILES string of the molecule is CN1CCC[N+](C)=C1C(=O)[O-]. The Bertz CT molecular complexity index is 210. The number of carbonyl (C=O) groups is 1. The van der Waals surface area contributed by atoms with Crippen molar-refractivity contribution < 1.29 is 14.5 Å². The van der Waals surface area contributed by atoms with Crippen LogP contribution in [0.15, 0.2) is 0 Å². The summed E-state index contributed by atoms with van der Waals surface area (Å²) >= 11 is 0. The van der Waals surface area contributed by atoms with Crippen LogP contribution in [-0.4, -0.2) is 48.5 Å². The lowest BCUT2D eigenvalue weighted by Crippen LogP contribution is -2.50. The molecular formula is C7H12N2O2. The lowest BCUT2D eigenvalue weighted by atomic mass is 10.3. The number of rotatable bonds is 1. The Morgan fingerprint density at radius 2 is 2.36 bits per heavy atom. The number of carbonyl (C=O) groups excluding carboxylic acids is 1. The van der Waals surface area contributed by atoms with Crippen LogP contribution in [0.25, 0.3) is 0 Å². The molecule has 0 fully saturated rings. The van der Waals surface area contributed by atoms with Crippen molar-refractivity contribution in [2.24, 2.45) is 0 Å². The van der Waals surface area contributed by atoms with Gasteiger partial charge >= 0.3 is 0 Å². The van der Waals surface area contributed by atoms with Gasteiger partial charge in [-0.15, -0.1) is 0 Å². The van der Waals surface area contributed by atoms with Gasteiger partial charge in [-0.2, -0.15) is 0 Å². The molecule has 1 aliphatic heterocycles. The van der Waals surface area contributed by atoms with Gasteiger partial charge < -0.3 is 9.90 Å². The van der Waals surface area contributed by atoms with E-state index < -0.39 is 5.97 Å². The summed E-state index contributed by atoms with van der Waals surface area (Å²) in [6, 6.07) is 0. The van der Waals surface area contributed by atoms with Gasteiger partial charge in [-0.05, 0) is 0 Å². The smallest absolute Gasteiger partial charge is 0.294 e. The standard InChI is InChI=1S/C7H12N2O2/c1-8-4-3-5-9(2)6(8)7(10)11/h3-5H2,1-2H3. The Kier molecular flexibility index (Phi) is 2.12. The molecule has 0 aromatic rings. The van der Waals surface area contributed by atoms with Crippen LogP contribution in [0.5, 0.6) is 0 Å². The summed E-state index contributed by atoms with van der Waals surface area (Å²) in [5.74, 6) is -0.800. The molecule has 11 heavy (non-hydrogen) atoms. The van der Waals surface area contributed by atoms with Crippen molar-refractivity contribution in [2.75, 3.05) is 27.2 Å². The van der Waals surface area contributed by atoms with Gasteiger partial charge in [0.25, 0.3) is 5.84 Å². The van der Waals surface area contributed by atoms with Crippen molar-refractivity contribution in [3.8, 4) is 0 Å². The van der Waals surface area contributed by atoms with E-state index in [-0.39, 0.29) is 5.84 Å². The van der Waals surface area contributed by atoms with Crippen molar-refractivity contribution >= 4 is 11.8 Å². The molecule has 0 aromatic heterocycles. The van der Waals surface area contributed by atoms with Gasteiger partial charge in [0.2, 0.25) is 0 Å². The Labute approximate surface area is 65.7 Å². The Morgan fingerprint density at radius 3 is 2.73 bits per heavy atom. The average Bonchev–Trinajstić information content (AvgIpc) is 1.85. The summed E-state index contributed by atoms with van der Waals surface area (Å²) in [5.41, 5.74) is 0. The van der Waals surface area contributed by atoms with Crippen molar-refractivity contribution in [3.63, 3.8) is 0 Å². The molecule has 0 aliphatic carbocycles. The quantitative estimate of drug-likeness (QED) is 0.417. The van der Waals surface area contributed by atoms with E-state index >= 15 is 0 Å². The molecule has 1 aliphatic rings. The highest BCUT2D eigenvalue weighted by Gasteiger charge is 2.22. The minimum atomic E-state index is -1.09. The van der Waals surface area contributed by atoms with Crippen LogP contribution < -0.4 is 5.11 Å². The highest BCUT2D eigenvalue weighted by Crippen LogP contribution is 1.97. The average molecular weight is 156 g/mol. The van der Waals surface area contributed by atoms with Crippen LogP contribution >= 0.6 is 0 Å². The zero-order valence-electron chi connectivity index (χ0n) is 6.83.